The molecule has 0 atom stereocenters. The predicted molar refractivity (Wildman–Crippen MR) is 83.3 cm³/mol. The van der Waals surface area contributed by atoms with Crippen LogP contribution in [0.4, 0.5) is 13.2 Å². The SMILES string of the molecule is CS(=O)(=O)c1ccc(-c2nc(C(F)(F)F)[nH]c2C2CCCC2)cc1. The molecule has 130 valence electrons. The molecule has 1 saturated carbocycles. The number of nitrogens with zero attached hydrogens (tertiary/aromatic N) is 1. The largest absolute Gasteiger partial charge is 0.449 e. The van der Waals surface area contributed by atoms with Crippen LogP contribution in [0.5, 0.6) is 0 Å². The van der Waals surface area contributed by atoms with Gasteiger partial charge in [0.25, 0.3) is 0 Å². The Hall–Kier alpha value is -1.83. The van der Waals surface area contributed by atoms with E-state index in [1.807, 2.05) is 0 Å². The van der Waals surface area contributed by atoms with Gasteiger partial charge in [0.2, 0.25) is 5.82 Å². The van der Waals surface area contributed by atoms with Crippen LogP contribution >= 0.6 is 0 Å². The monoisotopic (exact) mass is 358 g/mol. The number of aromatic amines is 1. The molecule has 1 N–H and O–H groups in total. The van der Waals surface area contributed by atoms with Gasteiger partial charge < -0.3 is 4.98 Å². The van der Waals surface area contributed by atoms with Crippen LogP contribution in [0, 0.1) is 0 Å². The van der Waals surface area contributed by atoms with Crippen molar-refractivity contribution in [2.24, 2.45) is 0 Å². The third-order valence-electron chi connectivity index (χ3n) is 4.32. The van der Waals surface area contributed by atoms with Crippen LogP contribution in [0.15, 0.2) is 29.2 Å². The molecule has 0 radical (unpaired) electrons. The van der Waals surface area contributed by atoms with Crippen molar-refractivity contribution in [1.82, 2.24) is 9.97 Å². The lowest BCUT2D eigenvalue weighted by Gasteiger charge is -2.10. The summed E-state index contributed by atoms with van der Waals surface area (Å²) in [6.07, 6.45) is 0.164. The van der Waals surface area contributed by atoms with Gasteiger partial charge >= 0.3 is 6.18 Å². The normalized spacial score (nSPS) is 16.7. The van der Waals surface area contributed by atoms with Crippen LogP contribution in [0.1, 0.15) is 43.1 Å². The number of hydrogen-bond acceptors (Lipinski definition) is 3. The van der Waals surface area contributed by atoms with Gasteiger partial charge in [0.05, 0.1) is 10.6 Å². The number of nitrogens with one attached hydrogen (secondary N) is 1. The van der Waals surface area contributed by atoms with Crippen molar-refractivity contribution >= 4 is 9.84 Å². The lowest BCUT2D eigenvalue weighted by Crippen LogP contribution is -2.07. The molecule has 8 heteroatoms. The zero-order chi connectivity index (χ0) is 17.5. The molecule has 0 bridgehead atoms. The Labute approximate surface area is 138 Å². The zero-order valence-electron chi connectivity index (χ0n) is 13.0. The second-order valence-corrected chi connectivity index (χ2v) is 8.14. The van der Waals surface area contributed by atoms with Gasteiger partial charge in [0.15, 0.2) is 9.84 Å². The topological polar surface area (TPSA) is 62.8 Å². The summed E-state index contributed by atoms with van der Waals surface area (Å²) >= 11 is 0. The van der Waals surface area contributed by atoms with E-state index in [2.05, 4.69) is 9.97 Å². The highest BCUT2D eigenvalue weighted by Gasteiger charge is 2.37. The average Bonchev–Trinajstić information content (AvgIpc) is 3.15. The Morgan fingerprint density at radius 3 is 2.21 bits per heavy atom. The van der Waals surface area contributed by atoms with Gasteiger partial charge in [0.1, 0.15) is 0 Å². The number of aromatic nitrogens is 2. The number of halogens is 3. The molecule has 1 aromatic carbocycles. The molecule has 1 heterocycles. The molecule has 3 rings (SSSR count). The second kappa shape index (κ2) is 5.91. The van der Waals surface area contributed by atoms with Gasteiger partial charge in [-0.1, -0.05) is 25.0 Å². The number of H-pyrrole nitrogens is 1. The van der Waals surface area contributed by atoms with Crippen molar-refractivity contribution < 1.29 is 21.6 Å². The maximum atomic E-state index is 13.0. The van der Waals surface area contributed by atoms with E-state index >= 15 is 0 Å². The smallest absolute Gasteiger partial charge is 0.337 e. The minimum Gasteiger partial charge on any atom is -0.337 e. The number of benzene rings is 1. The zero-order valence-corrected chi connectivity index (χ0v) is 13.8. The van der Waals surface area contributed by atoms with E-state index in [1.54, 1.807) is 0 Å². The van der Waals surface area contributed by atoms with Crippen molar-refractivity contribution in [3.63, 3.8) is 0 Å². The first-order chi connectivity index (χ1) is 11.2. The molecular weight excluding hydrogens is 341 g/mol. The summed E-state index contributed by atoms with van der Waals surface area (Å²) in [5.41, 5.74) is 1.23. The van der Waals surface area contributed by atoms with Gasteiger partial charge in [-0.15, -0.1) is 0 Å². The van der Waals surface area contributed by atoms with Crippen LogP contribution < -0.4 is 0 Å². The number of sulfone groups is 1. The summed E-state index contributed by atoms with van der Waals surface area (Å²) in [5.74, 6) is -0.982. The molecule has 0 aliphatic heterocycles. The lowest BCUT2D eigenvalue weighted by molar-refractivity contribution is -0.144. The Balaban J connectivity index is 2.07. The lowest BCUT2D eigenvalue weighted by atomic mass is 9.99. The van der Waals surface area contributed by atoms with Gasteiger partial charge in [-0.25, -0.2) is 13.4 Å². The molecule has 0 spiro atoms. The number of rotatable bonds is 3. The first-order valence-corrected chi connectivity index (χ1v) is 9.53. The first-order valence-electron chi connectivity index (χ1n) is 7.64. The third-order valence-corrected chi connectivity index (χ3v) is 5.45. The molecule has 0 saturated heterocycles. The number of imidazole rings is 1. The summed E-state index contributed by atoms with van der Waals surface area (Å²) in [7, 11) is -3.35. The van der Waals surface area contributed by atoms with E-state index in [9.17, 15) is 21.6 Å². The summed E-state index contributed by atoms with van der Waals surface area (Å²) in [6.45, 7) is 0. The van der Waals surface area contributed by atoms with E-state index in [0.717, 1.165) is 31.9 Å². The van der Waals surface area contributed by atoms with E-state index in [1.165, 1.54) is 24.3 Å². The van der Waals surface area contributed by atoms with E-state index in [4.69, 9.17) is 0 Å². The molecule has 1 aliphatic rings. The standard InChI is InChI=1S/C16H17F3N2O2S/c1-24(22,23)12-8-6-11(7-9-12)14-13(10-4-2-3-5-10)20-15(21-14)16(17,18)19/h6-10H,2-5H2,1H3,(H,20,21). The number of hydrogen-bond donors (Lipinski definition) is 1. The fourth-order valence-corrected chi connectivity index (χ4v) is 3.74. The van der Waals surface area contributed by atoms with E-state index in [-0.39, 0.29) is 16.5 Å². The molecule has 0 unspecified atom stereocenters. The maximum absolute atomic E-state index is 13.0. The maximum Gasteiger partial charge on any atom is 0.449 e. The highest BCUT2D eigenvalue weighted by Crippen LogP contribution is 2.40. The fourth-order valence-electron chi connectivity index (χ4n) is 3.11. The molecule has 1 aliphatic carbocycles. The van der Waals surface area contributed by atoms with Crippen molar-refractivity contribution in [3.8, 4) is 11.3 Å². The van der Waals surface area contributed by atoms with Gasteiger partial charge in [-0.05, 0) is 25.0 Å². The quantitative estimate of drug-likeness (QED) is 0.896. The van der Waals surface area contributed by atoms with Crippen molar-refractivity contribution in [1.29, 1.82) is 0 Å². The van der Waals surface area contributed by atoms with Crippen molar-refractivity contribution in [2.75, 3.05) is 6.26 Å². The van der Waals surface area contributed by atoms with Crippen molar-refractivity contribution in [2.45, 2.75) is 42.7 Å². The first kappa shape index (κ1) is 17.0. The summed E-state index contributed by atoms with van der Waals surface area (Å²) in [4.78, 5) is 6.34. The van der Waals surface area contributed by atoms with Gasteiger partial charge in [0, 0.05) is 23.4 Å². The predicted octanol–water partition coefficient (Wildman–Crippen LogP) is 4.16. The van der Waals surface area contributed by atoms with Crippen LogP contribution in [0.2, 0.25) is 0 Å². The Kier molecular flexibility index (Phi) is 4.19. The molecule has 4 nitrogen and oxygen atoms in total. The second-order valence-electron chi connectivity index (χ2n) is 6.12. The molecule has 24 heavy (non-hydrogen) atoms. The minimum absolute atomic E-state index is 0.0261. The highest BCUT2D eigenvalue weighted by atomic mass is 32.2. The molecule has 1 aromatic heterocycles. The van der Waals surface area contributed by atoms with Crippen LogP contribution in [0.25, 0.3) is 11.3 Å². The molecule has 1 fully saturated rings. The third kappa shape index (κ3) is 3.33. The summed E-state index contributed by atoms with van der Waals surface area (Å²) in [6, 6.07) is 5.80. The summed E-state index contributed by atoms with van der Waals surface area (Å²) in [5, 5.41) is 0. The van der Waals surface area contributed by atoms with Gasteiger partial charge in [-0.3, -0.25) is 0 Å². The van der Waals surface area contributed by atoms with Crippen LogP contribution in [0.3, 0.4) is 0 Å². The molecular formula is C16H17F3N2O2S. The Bertz CT molecular complexity index is 833. The average molecular weight is 358 g/mol. The van der Waals surface area contributed by atoms with Crippen LogP contribution in [-0.4, -0.2) is 24.6 Å². The van der Waals surface area contributed by atoms with E-state index < -0.39 is 21.8 Å². The Morgan fingerprint density at radius 1 is 1.12 bits per heavy atom. The molecule has 0 amide bonds. The highest BCUT2D eigenvalue weighted by molar-refractivity contribution is 7.90. The van der Waals surface area contributed by atoms with E-state index in [0.29, 0.717) is 11.3 Å². The van der Waals surface area contributed by atoms with Gasteiger partial charge in [-0.2, -0.15) is 13.2 Å². The number of alkyl halides is 3. The minimum atomic E-state index is -4.54. The van der Waals surface area contributed by atoms with Crippen molar-refractivity contribution in [3.05, 3.63) is 35.8 Å². The molecule has 2 aromatic rings. The fraction of sp³-hybridized carbons (Fsp3) is 0.438. The summed E-state index contributed by atoms with van der Waals surface area (Å²) < 4.78 is 62.1. The Morgan fingerprint density at radius 2 is 1.71 bits per heavy atom. The van der Waals surface area contributed by atoms with Crippen LogP contribution in [-0.2, 0) is 16.0 Å².